The van der Waals surface area contributed by atoms with Gasteiger partial charge in [-0.3, -0.25) is 10.1 Å². The zero-order valence-electron chi connectivity index (χ0n) is 12.2. The van der Waals surface area contributed by atoms with Crippen LogP contribution in [0.25, 0.3) is 0 Å². The van der Waals surface area contributed by atoms with E-state index in [1.54, 1.807) is 6.92 Å². The summed E-state index contributed by atoms with van der Waals surface area (Å²) in [4.78, 5) is 11.9. The zero-order valence-corrected chi connectivity index (χ0v) is 12.9. The number of halogens is 1. The van der Waals surface area contributed by atoms with E-state index in [1.807, 2.05) is 52.0 Å². The average Bonchev–Trinajstić information content (AvgIpc) is 2.26. The Hall–Kier alpha value is -1.06. The second-order valence-electron chi connectivity index (χ2n) is 5.70. The molecule has 2 unspecified atom stereocenters. The van der Waals surface area contributed by atoms with Crippen LogP contribution in [0.15, 0.2) is 24.3 Å². The van der Waals surface area contributed by atoms with E-state index in [-0.39, 0.29) is 18.1 Å². The van der Waals surface area contributed by atoms with Crippen LogP contribution in [-0.2, 0) is 9.53 Å². The first-order valence-corrected chi connectivity index (χ1v) is 6.81. The molecule has 19 heavy (non-hydrogen) atoms. The molecule has 0 aromatic heterocycles. The first-order chi connectivity index (χ1) is 8.69. The van der Waals surface area contributed by atoms with Crippen LogP contribution in [0.3, 0.4) is 0 Å². The van der Waals surface area contributed by atoms with Crippen LogP contribution < -0.4 is 5.32 Å². The molecule has 0 saturated carbocycles. The number of hydrogen-bond donors (Lipinski definition) is 1. The first-order valence-electron chi connectivity index (χ1n) is 6.43. The molecule has 0 radical (unpaired) electrons. The van der Waals surface area contributed by atoms with Gasteiger partial charge in [-0.2, -0.15) is 0 Å². The molecule has 1 rings (SSSR count). The lowest BCUT2D eigenvalue weighted by molar-refractivity contribution is -0.157. The highest BCUT2D eigenvalue weighted by Crippen LogP contribution is 2.18. The summed E-state index contributed by atoms with van der Waals surface area (Å²) in [7, 11) is 0. The van der Waals surface area contributed by atoms with E-state index >= 15 is 0 Å². The maximum atomic E-state index is 11.9. The number of benzene rings is 1. The van der Waals surface area contributed by atoms with Gasteiger partial charge in [-0.05, 0) is 52.3 Å². The van der Waals surface area contributed by atoms with E-state index in [9.17, 15) is 4.79 Å². The Labute approximate surface area is 120 Å². The van der Waals surface area contributed by atoms with Crippen LogP contribution in [0.2, 0.25) is 5.02 Å². The van der Waals surface area contributed by atoms with Crippen molar-refractivity contribution in [3.05, 3.63) is 34.9 Å². The summed E-state index contributed by atoms with van der Waals surface area (Å²) in [6, 6.07) is 7.25. The van der Waals surface area contributed by atoms with E-state index in [1.165, 1.54) is 0 Å². The molecule has 0 fully saturated rings. The molecule has 1 aromatic carbocycles. The molecule has 1 aromatic rings. The van der Waals surface area contributed by atoms with Gasteiger partial charge in [0.15, 0.2) is 0 Å². The maximum absolute atomic E-state index is 11.9. The van der Waals surface area contributed by atoms with Gasteiger partial charge in [0.05, 0.1) is 0 Å². The van der Waals surface area contributed by atoms with Crippen LogP contribution in [-0.4, -0.2) is 17.6 Å². The fourth-order valence-corrected chi connectivity index (χ4v) is 1.90. The number of carbonyl (C=O) groups is 1. The fraction of sp³-hybridized carbons (Fsp3) is 0.533. The highest BCUT2D eigenvalue weighted by Gasteiger charge is 2.23. The van der Waals surface area contributed by atoms with Gasteiger partial charge in [-0.1, -0.05) is 23.7 Å². The predicted octanol–water partition coefficient (Wildman–Crippen LogP) is 3.72. The Kier molecular flexibility index (Phi) is 5.39. The van der Waals surface area contributed by atoms with E-state index in [2.05, 4.69) is 5.32 Å². The van der Waals surface area contributed by atoms with Gasteiger partial charge in [0, 0.05) is 11.1 Å². The summed E-state index contributed by atoms with van der Waals surface area (Å²) in [6.45, 7) is 9.37. The van der Waals surface area contributed by atoms with Crippen LogP contribution in [0.5, 0.6) is 0 Å². The lowest BCUT2D eigenvalue weighted by atomic mass is 10.1. The van der Waals surface area contributed by atoms with Crippen LogP contribution in [0, 0.1) is 0 Å². The Bertz CT molecular complexity index is 440. The van der Waals surface area contributed by atoms with E-state index in [4.69, 9.17) is 16.3 Å². The Morgan fingerprint density at radius 3 is 2.47 bits per heavy atom. The highest BCUT2D eigenvalue weighted by molar-refractivity contribution is 6.30. The second-order valence-corrected chi connectivity index (χ2v) is 6.13. The normalized spacial score (nSPS) is 14.8. The second kappa shape index (κ2) is 6.40. The van der Waals surface area contributed by atoms with Gasteiger partial charge in [0.1, 0.15) is 11.6 Å². The Morgan fingerprint density at radius 2 is 1.95 bits per heavy atom. The Morgan fingerprint density at radius 1 is 1.32 bits per heavy atom. The number of rotatable bonds is 4. The number of esters is 1. The number of ether oxygens (including phenoxy) is 1. The van der Waals surface area contributed by atoms with Gasteiger partial charge < -0.3 is 4.74 Å². The lowest BCUT2D eigenvalue weighted by Gasteiger charge is -2.24. The van der Waals surface area contributed by atoms with E-state index < -0.39 is 5.60 Å². The van der Waals surface area contributed by atoms with E-state index in [0.717, 1.165) is 5.56 Å². The molecule has 0 aliphatic heterocycles. The lowest BCUT2D eigenvalue weighted by Crippen LogP contribution is -2.40. The topological polar surface area (TPSA) is 38.3 Å². The monoisotopic (exact) mass is 283 g/mol. The standard InChI is InChI=1S/C15H22ClNO2/c1-10(12-7-6-8-13(16)9-12)17-11(2)14(18)19-15(3,4)5/h6-11,17H,1-5H3. The number of carbonyl (C=O) groups excluding carboxylic acids is 1. The van der Waals surface area contributed by atoms with Gasteiger partial charge in [-0.15, -0.1) is 0 Å². The molecule has 4 heteroatoms. The minimum Gasteiger partial charge on any atom is -0.459 e. The molecule has 2 atom stereocenters. The predicted molar refractivity (Wildman–Crippen MR) is 78.3 cm³/mol. The number of nitrogens with one attached hydrogen (secondary N) is 1. The zero-order chi connectivity index (χ0) is 14.6. The van der Waals surface area contributed by atoms with Crippen LogP contribution in [0.4, 0.5) is 0 Å². The molecule has 106 valence electrons. The van der Waals surface area contributed by atoms with Crippen molar-refractivity contribution in [3.63, 3.8) is 0 Å². The molecule has 0 spiro atoms. The third-order valence-electron chi connectivity index (χ3n) is 2.61. The average molecular weight is 284 g/mol. The highest BCUT2D eigenvalue weighted by atomic mass is 35.5. The summed E-state index contributed by atoms with van der Waals surface area (Å²) in [5.41, 5.74) is 0.578. The van der Waals surface area contributed by atoms with Gasteiger partial charge in [0.25, 0.3) is 0 Å². The van der Waals surface area contributed by atoms with Crippen molar-refractivity contribution >= 4 is 17.6 Å². The minimum atomic E-state index is -0.466. The van der Waals surface area contributed by atoms with Crippen molar-refractivity contribution in [2.75, 3.05) is 0 Å². The van der Waals surface area contributed by atoms with Crippen LogP contribution in [0.1, 0.15) is 46.2 Å². The number of hydrogen-bond acceptors (Lipinski definition) is 3. The van der Waals surface area contributed by atoms with Gasteiger partial charge >= 0.3 is 5.97 Å². The Balaban J connectivity index is 2.61. The van der Waals surface area contributed by atoms with Gasteiger partial charge in [0.2, 0.25) is 0 Å². The smallest absolute Gasteiger partial charge is 0.323 e. The quantitative estimate of drug-likeness (QED) is 0.856. The molecule has 1 N–H and O–H groups in total. The third kappa shape index (κ3) is 5.62. The van der Waals surface area contributed by atoms with Crippen molar-refractivity contribution < 1.29 is 9.53 Å². The first kappa shape index (κ1) is 16.0. The molecule has 0 saturated heterocycles. The fourth-order valence-electron chi connectivity index (χ4n) is 1.71. The summed E-state index contributed by atoms with van der Waals surface area (Å²) in [5.74, 6) is -0.249. The minimum absolute atomic E-state index is 0.0289. The van der Waals surface area contributed by atoms with Crippen molar-refractivity contribution in [1.82, 2.24) is 5.32 Å². The van der Waals surface area contributed by atoms with Crippen molar-refractivity contribution in [1.29, 1.82) is 0 Å². The largest absolute Gasteiger partial charge is 0.459 e. The third-order valence-corrected chi connectivity index (χ3v) is 2.84. The summed E-state index contributed by atoms with van der Waals surface area (Å²) < 4.78 is 5.33. The molecule has 0 aliphatic carbocycles. The summed E-state index contributed by atoms with van der Waals surface area (Å²) in [6.07, 6.45) is 0. The molecule has 0 bridgehead atoms. The SMILES string of the molecule is CC(NC(C)c1cccc(Cl)c1)C(=O)OC(C)(C)C. The molecule has 0 heterocycles. The van der Waals surface area contributed by atoms with Gasteiger partial charge in [-0.25, -0.2) is 0 Å². The van der Waals surface area contributed by atoms with Crippen LogP contribution >= 0.6 is 11.6 Å². The molecular formula is C15H22ClNO2. The summed E-state index contributed by atoms with van der Waals surface area (Å²) in [5, 5.41) is 3.90. The molecule has 0 amide bonds. The maximum Gasteiger partial charge on any atom is 0.323 e. The molecule has 0 aliphatic rings. The molecule has 3 nitrogen and oxygen atoms in total. The van der Waals surface area contributed by atoms with E-state index in [0.29, 0.717) is 5.02 Å². The van der Waals surface area contributed by atoms with Crippen molar-refractivity contribution in [2.24, 2.45) is 0 Å². The van der Waals surface area contributed by atoms with Crippen molar-refractivity contribution in [2.45, 2.75) is 52.3 Å². The summed E-state index contributed by atoms with van der Waals surface area (Å²) >= 11 is 5.96. The molecular weight excluding hydrogens is 262 g/mol. The van der Waals surface area contributed by atoms with Crippen molar-refractivity contribution in [3.8, 4) is 0 Å².